The van der Waals surface area contributed by atoms with Crippen molar-refractivity contribution in [3.63, 3.8) is 0 Å². The summed E-state index contributed by atoms with van der Waals surface area (Å²) < 4.78 is 13.8. The van der Waals surface area contributed by atoms with E-state index in [9.17, 15) is 18.8 Å². The van der Waals surface area contributed by atoms with E-state index >= 15 is 0 Å². The van der Waals surface area contributed by atoms with Crippen LogP contribution in [0.4, 0.5) is 4.39 Å². The van der Waals surface area contributed by atoms with Crippen molar-refractivity contribution >= 4 is 5.97 Å². The molecule has 1 heterocycles. The smallest absolute Gasteiger partial charge is 0.347 e. The summed E-state index contributed by atoms with van der Waals surface area (Å²) in [5.41, 5.74) is 0.986. The van der Waals surface area contributed by atoms with Gasteiger partial charge in [-0.1, -0.05) is 30.3 Å². The topological polar surface area (TPSA) is 104 Å². The number of aliphatic carboxylic acids is 1. The number of aromatic amines is 1. The van der Waals surface area contributed by atoms with Crippen LogP contribution in [-0.4, -0.2) is 26.8 Å². The largest absolute Gasteiger partial charge is 0.480 e. The van der Waals surface area contributed by atoms with Crippen molar-refractivity contribution in [2.75, 3.05) is 5.43 Å². The lowest BCUT2D eigenvalue weighted by Gasteiger charge is -2.16. The van der Waals surface area contributed by atoms with E-state index in [1.807, 2.05) is 0 Å². The Bertz CT molecular complexity index is 754. The number of carboxylic acid groups (broad SMARTS) is 1. The number of halogens is 1. The molecule has 1 atom stereocenters. The lowest BCUT2D eigenvalue weighted by molar-refractivity contribution is -0.138. The molecule has 110 valence electrons. The summed E-state index contributed by atoms with van der Waals surface area (Å²) in [4.78, 5) is 35.4. The third kappa shape index (κ3) is 3.56. The van der Waals surface area contributed by atoms with Gasteiger partial charge in [0.25, 0.3) is 5.56 Å². The third-order valence-electron chi connectivity index (χ3n) is 2.77. The fraction of sp³-hybridized carbons (Fsp3) is 0.154. The number of hydrogen-bond donors (Lipinski definition) is 3. The molecule has 7 nitrogen and oxygen atoms in total. The number of rotatable bonds is 5. The quantitative estimate of drug-likeness (QED) is 0.715. The van der Waals surface area contributed by atoms with Gasteiger partial charge in [-0.2, -0.15) is 4.39 Å². The lowest BCUT2D eigenvalue weighted by Crippen LogP contribution is -2.44. The number of nitrogens with zero attached hydrogens (tertiary/aromatic N) is 1. The van der Waals surface area contributed by atoms with Crippen molar-refractivity contribution in [2.45, 2.75) is 12.5 Å². The van der Waals surface area contributed by atoms with Gasteiger partial charge < -0.3 is 10.5 Å². The lowest BCUT2D eigenvalue weighted by atomic mass is 10.1. The Hall–Kier alpha value is -2.90. The van der Waals surface area contributed by atoms with E-state index in [-0.39, 0.29) is 6.42 Å². The van der Waals surface area contributed by atoms with Crippen LogP contribution in [0.5, 0.6) is 0 Å². The van der Waals surface area contributed by atoms with Crippen molar-refractivity contribution in [3.8, 4) is 0 Å². The number of carboxylic acids is 1. The number of nitrogens with one attached hydrogen (secondary N) is 2. The Labute approximate surface area is 117 Å². The van der Waals surface area contributed by atoms with Gasteiger partial charge >= 0.3 is 11.7 Å². The van der Waals surface area contributed by atoms with Gasteiger partial charge in [0.2, 0.25) is 5.82 Å². The molecule has 1 aromatic carbocycles. The molecular weight excluding hydrogens is 281 g/mol. The predicted octanol–water partition coefficient (Wildman–Crippen LogP) is -0.0849. The minimum atomic E-state index is -1.21. The van der Waals surface area contributed by atoms with Crippen LogP contribution in [-0.2, 0) is 11.2 Å². The normalized spacial score (nSPS) is 11.9. The Kier molecular flexibility index (Phi) is 4.17. The van der Waals surface area contributed by atoms with Gasteiger partial charge in [0.15, 0.2) is 0 Å². The van der Waals surface area contributed by atoms with Gasteiger partial charge in [-0.25, -0.2) is 14.3 Å². The highest BCUT2D eigenvalue weighted by molar-refractivity contribution is 5.75. The second-order valence-electron chi connectivity index (χ2n) is 4.32. The number of carbonyl (C=O) groups is 1. The van der Waals surface area contributed by atoms with E-state index in [1.54, 1.807) is 35.3 Å². The van der Waals surface area contributed by atoms with Gasteiger partial charge in [0, 0.05) is 6.42 Å². The first-order valence-corrected chi connectivity index (χ1v) is 6.02. The second-order valence-corrected chi connectivity index (χ2v) is 4.32. The Morgan fingerprint density at radius 1 is 1.33 bits per heavy atom. The maximum atomic E-state index is 13.1. The van der Waals surface area contributed by atoms with E-state index in [4.69, 9.17) is 5.11 Å². The summed E-state index contributed by atoms with van der Waals surface area (Å²) in [7, 11) is 0. The number of aromatic nitrogens is 2. The molecule has 8 heteroatoms. The van der Waals surface area contributed by atoms with Gasteiger partial charge in [-0.15, -0.1) is 0 Å². The zero-order valence-electron chi connectivity index (χ0n) is 10.7. The van der Waals surface area contributed by atoms with E-state index in [0.29, 0.717) is 10.9 Å². The van der Waals surface area contributed by atoms with E-state index in [0.717, 1.165) is 5.56 Å². The van der Waals surface area contributed by atoms with Crippen molar-refractivity contribution in [1.82, 2.24) is 9.66 Å². The highest BCUT2D eigenvalue weighted by atomic mass is 19.1. The number of benzene rings is 1. The SMILES string of the molecule is O=C(O)[C@H](Cc1ccccc1)Nn1cc(F)c(=O)[nH]c1=O. The fourth-order valence-corrected chi connectivity index (χ4v) is 1.75. The zero-order valence-corrected chi connectivity index (χ0v) is 10.7. The summed E-state index contributed by atoms with van der Waals surface area (Å²) in [6, 6.07) is 7.59. The fourth-order valence-electron chi connectivity index (χ4n) is 1.75. The molecule has 0 aliphatic carbocycles. The molecule has 1 aromatic heterocycles. The van der Waals surface area contributed by atoms with Crippen LogP contribution in [0.25, 0.3) is 0 Å². The highest BCUT2D eigenvalue weighted by Gasteiger charge is 2.19. The van der Waals surface area contributed by atoms with Crippen LogP contribution >= 0.6 is 0 Å². The van der Waals surface area contributed by atoms with Gasteiger partial charge in [-0.3, -0.25) is 9.78 Å². The molecule has 0 amide bonds. The highest BCUT2D eigenvalue weighted by Crippen LogP contribution is 2.04. The van der Waals surface area contributed by atoms with E-state index in [1.165, 1.54) is 0 Å². The molecule has 0 aliphatic heterocycles. The number of H-pyrrole nitrogens is 1. The Morgan fingerprint density at radius 3 is 2.62 bits per heavy atom. The summed E-state index contributed by atoms with van der Waals surface area (Å²) in [5.74, 6) is -2.40. The Morgan fingerprint density at radius 2 is 2.00 bits per heavy atom. The van der Waals surface area contributed by atoms with Crippen LogP contribution in [0.3, 0.4) is 0 Å². The second kappa shape index (κ2) is 6.04. The van der Waals surface area contributed by atoms with Gasteiger partial charge in [0.05, 0.1) is 6.20 Å². The molecule has 0 radical (unpaired) electrons. The Balaban J connectivity index is 2.25. The van der Waals surface area contributed by atoms with Crippen LogP contribution in [0.1, 0.15) is 5.56 Å². The molecule has 0 aliphatic rings. The molecule has 2 rings (SSSR count). The molecule has 0 bridgehead atoms. The molecule has 2 aromatic rings. The van der Waals surface area contributed by atoms with Crippen LogP contribution in [0.2, 0.25) is 0 Å². The first kappa shape index (κ1) is 14.5. The molecule has 0 unspecified atom stereocenters. The van der Waals surface area contributed by atoms with Crippen LogP contribution in [0, 0.1) is 5.82 Å². The maximum Gasteiger partial charge on any atom is 0.347 e. The standard InChI is InChI=1S/C13H12FN3O4/c14-9-7-17(13(21)15-11(9)18)16-10(12(19)20)6-8-4-2-1-3-5-8/h1-5,7,10,16H,6H2,(H,19,20)(H,15,18,21)/t10-/m0/s1. The van der Waals surface area contributed by atoms with Crippen molar-refractivity contribution in [1.29, 1.82) is 0 Å². The van der Waals surface area contributed by atoms with Crippen molar-refractivity contribution in [3.05, 3.63) is 68.7 Å². The molecule has 0 fully saturated rings. The van der Waals surface area contributed by atoms with E-state index < -0.39 is 29.1 Å². The molecule has 0 saturated heterocycles. The summed E-state index contributed by atoms with van der Waals surface area (Å²) in [5, 5.41) is 9.17. The summed E-state index contributed by atoms with van der Waals surface area (Å²) in [6.45, 7) is 0. The minimum Gasteiger partial charge on any atom is -0.480 e. The molecular formula is C13H12FN3O4. The summed E-state index contributed by atoms with van der Waals surface area (Å²) >= 11 is 0. The van der Waals surface area contributed by atoms with E-state index in [2.05, 4.69) is 5.43 Å². The molecule has 21 heavy (non-hydrogen) atoms. The van der Waals surface area contributed by atoms with Crippen molar-refractivity contribution < 1.29 is 14.3 Å². The maximum absolute atomic E-state index is 13.1. The average Bonchev–Trinajstić information content (AvgIpc) is 2.44. The molecule has 0 spiro atoms. The summed E-state index contributed by atoms with van der Waals surface area (Å²) in [6.07, 6.45) is 0.700. The first-order valence-electron chi connectivity index (χ1n) is 6.02. The monoisotopic (exact) mass is 293 g/mol. The van der Waals surface area contributed by atoms with Gasteiger partial charge in [0.1, 0.15) is 6.04 Å². The zero-order chi connectivity index (χ0) is 15.4. The van der Waals surface area contributed by atoms with Gasteiger partial charge in [-0.05, 0) is 5.56 Å². The third-order valence-corrected chi connectivity index (χ3v) is 2.77. The molecule has 0 saturated carbocycles. The number of hydrogen-bond acceptors (Lipinski definition) is 4. The van der Waals surface area contributed by atoms with Crippen LogP contribution in [0.15, 0.2) is 46.1 Å². The van der Waals surface area contributed by atoms with Crippen LogP contribution < -0.4 is 16.7 Å². The van der Waals surface area contributed by atoms with Crippen molar-refractivity contribution in [2.24, 2.45) is 0 Å². The first-order chi connectivity index (χ1) is 9.97. The predicted molar refractivity (Wildman–Crippen MR) is 72.2 cm³/mol. The minimum absolute atomic E-state index is 0.0867. The average molecular weight is 293 g/mol. The molecule has 3 N–H and O–H groups in total.